The summed E-state index contributed by atoms with van der Waals surface area (Å²) in [7, 11) is 0. The standard InChI is InChI=1S/C34H28BrN3O2/c1-3-22(2)33-37-31-17-16-26(35)19-29(31)34(39)38(33)36-20-30-28-14-7-5-10-24(28)15-18-32(30)40-21-25-12-8-11-23-9-4-6-13-27(23)25/h4-20,22H,3,21H2,1-2H3/t22-/m0/s1. The first kappa shape index (κ1) is 26.0. The Bertz CT molecular complexity index is 1960. The number of benzene rings is 5. The summed E-state index contributed by atoms with van der Waals surface area (Å²) in [4.78, 5) is 18.5. The molecule has 0 aliphatic carbocycles. The minimum atomic E-state index is -0.198. The topological polar surface area (TPSA) is 56.5 Å². The highest BCUT2D eigenvalue weighted by Crippen LogP contribution is 2.29. The minimum Gasteiger partial charge on any atom is -0.488 e. The summed E-state index contributed by atoms with van der Waals surface area (Å²) in [6.07, 6.45) is 2.57. The van der Waals surface area contributed by atoms with Crippen LogP contribution in [0.4, 0.5) is 0 Å². The van der Waals surface area contributed by atoms with Crippen molar-refractivity contribution in [3.63, 3.8) is 0 Å². The quantitative estimate of drug-likeness (QED) is 0.175. The molecule has 0 N–H and O–H groups in total. The van der Waals surface area contributed by atoms with Crippen LogP contribution in [0.25, 0.3) is 32.4 Å². The van der Waals surface area contributed by atoms with Gasteiger partial charge in [-0.1, -0.05) is 103 Å². The summed E-state index contributed by atoms with van der Waals surface area (Å²) in [5, 5.41) is 9.69. The van der Waals surface area contributed by atoms with Gasteiger partial charge in [0, 0.05) is 16.0 Å². The molecule has 1 heterocycles. The van der Waals surface area contributed by atoms with E-state index in [1.807, 2.05) is 42.5 Å². The maximum absolute atomic E-state index is 13.7. The maximum Gasteiger partial charge on any atom is 0.282 e. The van der Waals surface area contributed by atoms with Gasteiger partial charge >= 0.3 is 0 Å². The maximum atomic E-state index is 13.7. The fourth-order valence-corrected chi connectivity index (χ4v) is 5.36. The third-order valence-electron chi connectivity index (χ3n) is 7.38. The monoisotopic (exact) mass is 589 g/mol. The van der Waals surface area contributed by atoms with Gasteiger partial charge in [-0.15, -0.1) is 0 Å². The summed E-state index contributed by atoms with van der Waals surface area (Å²) >= 11 is 3.49. The van der Waals surface area contributed by atoms with Gasteiger partial charge in [0.2, 0.25) is 0 Å². The van der Waals surface area contributed by atoms with Gasteiger partial charge in [0.15, 0.2) is 0 Å². The minimum absolute atomic E-state index is 0.0486. The van der Waals surface area contributed by atoms with Crippen LogP contribution in [0.2, 0.25) is 0 Å². The first-order valence-electron chi connectivity index (χ1n) is 13.4. The second-order valence-corrected chi connectivity index (χ2v) is 10.8. The molecular formula is C34H28BrN3O2. The third kappa shape index (κ3) is 4.91. The molecule has 0 radical (unpaired) electrons. The first-order valence-corrected chi connectivity index (χ1v) is 14.2. The summed E-state index contributed by atoms with van der Waals surface area (Å²) < 4.78 is 8.71. The molecule has 6 heteroatoms. The number of rotatable bonds is 7. The number of fused-ring (bicyclic) bond motifs is 3. The molecule has 0 saturated carbocycles. The molecule has 6 rings (SSSR count). The van der Waals surface area contributed by atoms with E-state index in [4.69, 9.17) is 14.8 Å². The molecule has 40 heavy (non-hydrogen) atoms. The largest absolute Gasteiger partial charge is 0.488 e. The smallest absolute Gasteiger partial charge is 0.282 e. The fourth-order valence-electron chi connectivity index (χ4n) is 5.00. The molecule has 0 saturated heterocycles. The van der Waals surface area contributed by atoms with E-state index in [1.54, 1.807) is 12.3 Å². The Morgan fingerprint density at radius 3 is 2.42 bits per heavy atom. The SMILES string of the molecule is CC[C@H](C)c1nc2ccc(Br)cc2c(=O)n1N=Cc1c(OCc2cccc3ccccc23)ccc2ccccc12. The van der Waals surface area contributed by atoms with Crippen molar-refractivity contribution in [2.75, 3.05) is 0 Å². The Kier molecular flexibility index (Phi) is 7.18. The van der Waals surface area contributed by atoms with Gasteiger partial charge in [0.25, 0.3) is 5.56 Å². The highest BCUT2D eigenvalue weighted by molar-refractivity contribution is 9.10. The van der Waals surface area contributed by atoms with Crippen molar-refractivity contribution in [1.82, 2.24) is 9.66 Å². The predicted octanol–water partition coefficient (Wildman–Crippen LogP) is 8.44. The van der Waals surface area contributed by atoms with Crippen LogP contribution in [-0.4, -0.2) is 15.9 Å². The lowest BCUT2D eigenvalue weighted by Crippen LogP contribution is -2.23. The normalized spacial score (nSPS) is 12.5. The average Bonchev–Trinajstić information content (AvgIpc) is 2.99. The molecule has 0 aliphatic heterocycles. The van der Waals surface area contributed by atoms with Gasteiger partial charge in [0.05, 0.1) is 17.1 Å². The van der Waals surface area contributed by atoms with E-state index in [2.05, 4.69) is 78.3 Å². The van der Waals surface area contributed by atoms with Crippen molar-refractivity contribution in [3.8, 4) is 5.75 Å². The highest BCUT2D eigenvalue weighted by atomic mass is 79.9. The van der Waals surface area contributed by atoms with Crippen molar-refractivity contribution in [1.29, 1.82) is 0 Å². The van der Waals surface area contributed by atoms with Crippen molar-refractivity contribution in [2.24, 2.45) is 5.10 Å². The van der Waals surface area contributed by atoms with Gasteiger partial charge in [-0.25, -0.2) is 4.98 Å². The van der Waals surface area contributed by atoms with E-state index in [-0.39, 0.29) is 11.5 Å². The van der Waals surface area contributed by atoms with Crippen LogP contribution in [0.1, 0.15) is 43.1 Å². The number of nitrogens with zero attached hydrogens (tertiary/aromatic N) is 3. The molecular weight excluding hydrogens is 562 g/mol. The molecule has 0 aliphatic rings. The van der Waals surface area contributed by atoms with Crippen LogP contribution in [0.5, 0.6) is 5.75 Å². The molecule has 6 aromatic rings. The average molecular weight is 591 g/mol. The van der Waals surface area contributed by atoms with Crippen LogP contribution in [-0.2, 0) is 6.61 Å². The van der Waals surface area contributed by atoms with E-state index in [0.717, 1.165) is 32.8 Å². The van der Waals surface area contributed by atoms with E-state index in [1.165, 1.54) is 15.4 Å². The molecule has 1 aromatic heterocycles. The van der Waals surface area contributed by atoms with Crippen LogP contribution in [0.3, 0.4) is 0 Å². The predicted molar refractivity (Wildman–Crippen MR) is 168 cm³/mol. The molecule has 0 spiro atoms. The van der Waals surface area contributed by atoms with Gasteiger partial charge in [-0.05, 0) is 57.8 Å². The van der Waals surface area contributed by atoms with Crippen LogP contribution in [0.15, 0.2) is 111 Å². The van der Waals surface area contributed by atoms with Crippen molar-refractivity contribution in [3.05, 3.63) is 129 Å². The van der Waals surface area contributed by atoms with Crippen molar-refractivity contribution < 1.29 is 4.74 Å². The van der Waals surface area contributed by atoms with E-state index < -0.39 is 0 Å². The van der Waals surface area contributed by atoms with Gasteiger partial charge in [0.1, 0.15) is 18.2 Å². The van der Waals surface area contributed by atoms with E-state index in [9.17, 15) is 4.79 Å². The number of halogens is 1. The molecule has 1 atom stereocenters. The zero-order valence-electron chi connectivity index (χ0n) is 22.3. The fraction of sp³-hybridized carbons (Fsp3) is 0.147. The number of aromatic nitrogens is 2. The number of hydrogen-bond acceptors (Lipinski definition) is 4. The zero-order valence-corrected chi connectivity index (χ0v) is 23.9. The lowest BCUT2D eigenvalue weighted by Gasteiger charge is -2.15. The lowest BCUT2D eigenvalue weighted by atomic mass is 10.0. The molecule has 0 unspecified atom stereocenters. The van der Waals surface area contributed by atoms with E-state index in [0.29, 0.717) is 29.1 Å². The van der Waals surface area contributed by atoms with Gasteiger partial charge < -0.3 is 4.74 Å². The molecule has 0 bridgehead atoms. The van der Waals surface area contributed by atoms with Crippen LogP contribution < -0.4 is 10.3 Å². The van der Waals surface area contributed by atoms with Crippen molar-refractivity contribution >= 4 is 54.6 Å². The van der Waals surface area contributed by atoms with Gasteiger partial charge in [-0.2, -0.15) is 9.78 Å². The van der Waals surface area contributed by atoms with E-state index >= 15 is 0 Å². The Balaban J connectivity index is 1.46. The summed E-state index contributed by atoms with van der Waals surface area (Å²) in [5.41, 5.74) is 2.39. The van der Waals surface area contributed by atoms with Crippen molar-refractivity contribution in [2.45, 2.75) is 32.8 Å². The Hall–Kier alpha value is -4.29. The highest BCUT2D eigenvalue weighted by Gasteiger charge is 2.16. The first-order chi connectivity index (χ1) is 19.5. The number of ether oxygens (including phenoxy) is 1. The summed E-state index contributed by atoms with van der Waals surface area (Å²) in [6.45, 7) is 4.56. The van der Waals surface area contributed by atoms with Gasteiger partial charge in [-0.3, -0.25) is 4.79 Å². The zero-order chi connectivity index (χ0) is 27.6. The Labute approximate surface area is 240 Å². The summed E-state index contributed by atoms with van der Waals surface area (Å²) in [6, 6.07) is 32.3. The second-order valence-electron chi connectivity index (χ2n) is 9.93. The summed E-state index contributed by atoms with van der Waals surface area (Å²) in [5.74, 6) is 1.38. The van der Waals surface area contributed by atoms with Crippen LogP contribution >= 0.6 is 15.9 Å². The second kappa shape index (κ2) is 11.1. The molecule has 0 amide bonds. The number of hydrogen-bond donors (Lipinski definition) is 0. The molecule has 5 nitrogen and oxygen atoms in total. The third-order valence-corrected chi connectivity index (χ3v) is 7.88. The lowest BCUT2D eigenvalue weighted by molar-refractivity contribution is 0.307. The molecule has 5 aromatic carbocycles. The Morgan fingerprint density at radius 1 is 0.900 bits per heavy atom. The molecule has 0 fully saturated rings. The molecule has 198 valence electrons. The van der Waals surface area contributed by atoms with Crippen LogP contribution in [0, 0.1) is 0 Å². The Morgan fingerprint density at radius 2 is 1.62 bits per heavy atom.